The third-order valence-electron chi connectivity index (χ3n) is 2.85. The summed E-state index contributed by atoms with van der Waals surface area (Å²) in [5, 5.41) is 4.14. The van der Waals surface area contributed by atoms with Crippen LogP contribution in [0.5, 0.6) is 5.75 Å². The number of ketones is 1. The highest BCUT2D eigenvalue weighted by Crippen LogP contribution is 2.21. The lowest BCUT2D eigenvalue weighted by atomic mass is 10.1. The molecule has 1 aromatic carbocycles. The summed E-state index contributed by atoms with van der Waals surface area (Å²) in [7, 11) is 1.54. The summed E-state index contributed by atoms with van der Waals surface area (Å²) in [6.45, 7) is 4.57. The molecule has 0 aliphatic heterocycles. The summed E-state index contributed by atoms with van der Waals surface area (Å²) in [6.07, 6.45) is 1.57. The Kier molecular flexibility index (Phi) is 3.46. The SMILES string of the molecule is CCn1ncc(OC)c1C(=O)c1ccc(C)cc1. The number of nitrogens with zero attached hydrogens (tertiary/aromatic N) is 2. The van der Waals surface area contributed by atoms with Crippen molar-refractivity contribution in [2.75, 3.05) is 7.11 Å². The molecule has 0 N–H and O–H groups in total. The van der Waals surface area contributed by atoms with Gasteiger partial charge in [0, 0.05) is 12.1 Å². The number of rotatable bonds is 4. The molecule has 4 heteroatoms. The lowest BCUT2D eigenvalue weighted by Gasteiger charge is -2.06. The summed E-state index contributed by atoms with van der Waals surface area (Å²) in [5.41, 5.74) is 2.28. The van der Waals surface area contributed by atoms with E-state index >= 15 is 0 Å². The molecule has 4 nitrogen and oxygen atoms in total. The molecule has 0 unspecified atom stereocenters. The molecule has 18 heavy (non-hydrogen) atoms. The molecule has 0 radical (unpaired) electrons. The van der Waals surface area contributed by atoms with Crippen molar-refractivity contribution in [1.82, 2.24) is 9.78 Å². The summed E-state index contributed by atoms with van der Waals surface area (Å²) in [5.74, 6) is 0.452. The van der Waals surface area contributed by atoms with Gasteiger partial charge in [-0.1, -0.05) is 29.8 Å². The first-order valence-corrected chi connectivity index (χ1v) is 5.88. The first kappa shape index (κ1) is 12.4. The highest BCUT2D eigenvalue weighted by Gasteiger charge is 2.19. The highest BCUT2D eigenvalue weighted by atomic mass is 16.5. The molecule has 0 aliphatic carbocycles. The van der Waals surface area contributed by atoms with Gasteiger partial charge in [-0.25, -0.2) is 0 Å². The van der Waals surface area contributed by atoms with Crippen molar-refractivity contribution in [2.24, 2.45) is 0 Å². The van der Waals surface area contributed by atoms with Crippen LogP contribution in [-0.2, 0) is 6.54 Å². The van der Waals surface area contributed by atoms with E-state index in [4.69, 9.17) is 4.74 Å². The smallest absolute Gasteiger partial charge is 0.214 e. The maximum atomic E-state index is 12.4. The first-order chi connectivity index (χ1) is 8.67. The zero-order chi connectivity index (χ0) is 13.1. The van der Waals surface area contributed by atoms with Crippen molar-refractivity contribution >= 4 is 5.78 Å². The second-order valence-corrected chi connectivity index (χ2v) is 4.07. The summed E-state index contributed by atoms with van der Waals surface area (Å²) in [4.78, 5) is 12.4. The molecule has 0 amide bonds. The fourth-order valence-corrected chi connectivity index (χ4v) is 1.83. The van der Waals surface area contributed by atoms with Crippen LogP contribution in [0, 0.1) is 6.92 Å². The molecule has 2 aromatic rings. The minimum absolute atomic E-state index is 0.0637. The zero-order valence-corrected chi connectivity index (χ0v) is 10.8. The molecular weight excluding hydrogens is 228 g/mol. The largest absolute Gasteiger partial charge is 0.493 e. The number of carbonyl (C=O) groups excluding carboxylic acids is 1. The fraction of sp³-hybridized carbons (Fsp3) is 0.286. The van der Waals surface area contributed by atoms with Crippen LogP contribution in [0.3, 0.4) is 0 Å². The van der Waals surface area contributed by atoms with Gasteiger partial charge in [-0.3, -0.25) is 9.48 Å². The predicted octanol–water partition coefficient (Wildman–Crippen LogP) is 2.45. The number of hydrogen-bond donors (Lipinski definition) is 0. The van der Waals surface area contributed by atoms with Crippen LogP contribution in [0.25, 0.3) is 0 Å². The Bertz CT molecular complexity index is 534. The summed E-state index contributed by atoms with van der Waals surface area (Å²) in [6, 6.07) is 7.49. The molecule has 0 aliphatic rings. The normalized spacial score (nSPS) is 10.4. The maximum Gasteiger partial charge on any atom is 0.214 e. The topological polar surface area (TPSA) is 44.1 Å². The van der Waals surface area contributed by atoms with E-state index in [1.54, 1.807) is 18.0 Å². The second-order valence-electron chi connectivity index (χ2n) is 4.07. The molecule has 1 aromatic heterocycles. The number of benzene rings is 1. The van der Waals surface area contributed by atoms with Gasteiger partial charge in [0.1, 0.15) is 0 Å². The van der Waals surface area contributed by atoms with Crippen LogP contribution in [0.1, 0.15) is 28.5 Å². The van der Waals surface area contributed by atoms with E-state index in [0.717, 1.165) is 5.56 Å². The van der Waals surface area contributed by atoms with Crippen LogP contribution in [0.15, 0.2) is 30.5 Å². The van der Waals surface area contributed by atoms with E-state index in [9.17, 15) is 4.79 Å². The lowest BCUT2D eigenvalue weighted by molar-refractivity contribution is 0.102. The predicted molar refractivity (Wildman–Crippen MR) is 69.1 cm³/mol. The number of aromatic nitrogens is 2. The Morgan fingerprint density at radius 1 is 1.33 bits per heavy atom. The van der Waals surface area contributed by atoms with Gasteiger partial charge in [-0.15, -0.1) is 0 Å². The number of ether oxygens (including phenoxy) is 1. The Balaban J connectivity index is 2.44. The van der Waals surface area contributed by atoms with Crippen LogP contribution in [0.4, 0.5) is 0 Å². The maximum absolute atomic E-state index is 12.4. The summed E-state index contributed by atoms with van der Waals surface area (Å²) >= 11 is 0. The Hall–Kier alpha value is -2.10. The van der Waals surface area contributed by atoms with Gasteiger partial charge < -0.3 is 4.74 Å². The molecular formula is C14H16N2O2. The van der Waals surface area contributed by atoms with E-state index in [1.807, 2.05) is 38.1 Å². The minimum atomic E-state index is -0.0637. The quantitative estimate of drug-likeness (QED) is 0.776. The van der Waals surface area contributed by atoms with Crippen LogP contribution >= 0.6 is 0 Å². The fourth-order valence-electron chi connectivity index (χ4n) is 1.83. The van der Waals surface area contributed by atoms with E-state index < -0.39 is 0 Å². The van der Waals surface area contributed by atoms with Gasteiger partial charge in [0.15, 0.2) is 11.4 Å². The van der Waals surface area contributed by atoms with Crippen molar-refractivity contribution < 1.29 is 9.53 Å². The van der Waals surface area contributed by atoms with Gasteiger partial charge in [-0.2, -0.15) is 5.10 Å². The van der Waals surface area contributed by atoms with Gasteiger partial charge >= 0.3 is 0 Å². The molecule has 0 saturated heterocycles. The van der Waals surface area contributed by atoms with Crippen LogP contribution < -0.4 is 4.74 Å². The van der Waals surface area contributed by atoms with Gasteiger partial charge in [0.05, 0.1) is 13.3 Å². The van der Waals surface area contributed by atoms with E-state index in [2.05, 4.69) is 5.10 Å². The van der Waals surface area contributed by atoms with Crippen molar-refractivity contribution in [3.05, 3.63) is 47.3 Å². The number of hydrogen-bond acceptors (Lipinski definition) is 3. The Labute approximate surface area is 106 Å². The standard InChI is InChI=1S/C14H16N2O2/c1-4-16-13(12(18-3)9-15-16)14(17)11-7-5-10(2)6-8-11/h5-9H,4H2,1-3H3. The van der Waals surface area contributed by atoms with Crippen molar-refractivity contribution in [1.29, 1.82) is 0 Å². The molecule has 0 spiro atoms. The van der Waals surface area contributed by atoms with Crippen LogP contribution in [0.2, 0.25) is 0 Å². The molecule has 1 heterocycles. The van der Waals surface area contributed by atoms with E-state index in [1.165, 1.54) is 0 Å². The second kappa shape index (κ2) is 5.04. The Morgan fingerprint density at radius 2 is 2.00 bits per heavy atom. The molecule has 2 rings (SSSR count). The molecule has 0 saturated carbocycles. The van der Waals surface area contributed by atoms with Crippen LogP contribution in [-0.4, -0.2) is 22.7 Å². The molecule has 0 fully saturated rings. The van der Waals surface area contributed by atoms with E-state index in [0.29, 0.717) is 23.6 Å². The van der Waals surface area contributed by atoms with Crippen molar-refractivity contribution in [3.63, 3.8) is 0 Å². The van der Waals surface area contributed by atoms with Gasteiger partial charge in [-0.05, 0) is 13.8 Å². The third-order valence-corrected chi connectivity index (χ3v) is 2.85. The molecule has 0 atom stereocenters. The number of aryl methyl sites for hydroxylation is 2. The lowest BCUT2D eigenvalue weighted by Crippen LogP contribution is -2.11. The minimum Gasteiger partial charge on any atom is -0.493 e. The van der Waals surface area contributed by atoms with Gasteiger partial charge in [0.25, 0.3) is 0 Å². The first-order valence-electron chi connectivity index (χ1n) is 5.88. The number of methoxy groups -OCH3 is 1. The van der Waals surface area contributed by atoms with Gasteiger partial charge in [0.2, 0.25) is 5.78 Å². The summed E-state index contributed by atoms with van der Waals surface area (Å²) < 4.78 is 6.84. The van der Waals surface area contributed by atoms with Crippen molar-refractivity contribution in [2.45, 2.75) is 20.4 Å². The molecule has 0 bridgehead atoms. The van der Waals surface area contributed by atoms with E-state index in [-0.39, 0.29) is 5.78 Å². The zero-order valence-electron chi connectivity index (χ0n) is 10.8. The Morgan fingerprint density at radius 3 is 2.56 bits per heavy atom. The van der Waals surface area contributed by atoms with Crippen molar-refractivity contribution in [3.8, 4) is 5.75 Å². The highest BCUT2D eigenvalue weighted by molar-refractivity contribution is 6.09. The average Bonchev–Trinajstić information content (AvgIpc) is 2.81. The number of carbonyl (C=O) groups is 1. The average molecular weight is 244 g/mol. The molecule has 94 valence electrons. The monoisotopic (exact) mass is 244 g/mol. The third kappa shape index (κ3) is 2.14.